The fourth-order valence-corrected chi connectivity index (χ4v) is 5.27. The van der Waals surface area contributed by atoms with Crippen LogP contribution >= 0.6 is 23.1 Å². The Balaban J connectivity index is 1.52. The normalized spacial score (nSPS) is 11.0. The van der Waals surface area contributed by atoms with Crippen molar-refractivity contribution in [3.8, 4) is 11.4 Å². The molecular weight excluding hydrogens is 445 g/mol. The fraction of sp³-hybridized carbons (Fsp3) is 0.217. The number of H-pyrrole nitrogens is 1. The molecule has 0 unspecified atom stereocenters. The minimum absolute atomic E-state index is 0.0860. The molecule has 0 fully saturated rings. The van der Waals surface area contributed by atoms with E-state index >= 15 is 0 Å². The van der Waals surface area contributed by atoms with Crippen molar-refractivity contribution < 1.29 is 9.18 Å². The first kappa shape index (κ1) is 22.2. The summed E-state index contributed by atoms with van der Waals surface area (Å²) in [7, 11) is 0. The van der Waals surface area contributed by atoms with Crippen molar-refractivity contribution in [3.63, 3.8) is 0 Å². The van der Waals surface area contributed by atoms with Gasteiger partial charge in [-0.25, -0.2) is 14.4 Å². The monoisotopic (exact) mass is 467 g/mol. The number of nitrogens with zero attached hydrogens (tertiary/aromatic N) is 4. The van der Waals surface area contributed by atoms with Crippen LogP contribution in [0.1, 0.15) is 29.3 Å². The Labute approximate surface area is 193 Å². The zero-order chi connectivity index (χ0) is 22.8. The molecule has 2 heterocycles. The van der Waals surface area contributed by atoms with Gasteiger partial charge in [-0.1, -0.05) is 41.6 Å². The Hall–Kier alpha value is -3.04. The van der Waals surface area contributed by atoms with Gasteiger partial charge in [-0.3, -0.25) is 14.8 Å². The van der Waals surface area contributed by atoms with E-state index in [9.17, 15) is 9.18 Å². The summed E-state index contributed by atoms with van der Waals surface area (Å²) in [5, 5.41) is 10.0. The molecular formula is C23H22FN5OS2. The van der Waals surface area contributed by atoms with Crippen LogP contribution in [0.15, 0.2) is 46.9 Å². The van der Waals surface area contributed by atoms with Crippen LogP contribution in [0.3, 0.4) is 0 Å². The van der Waals surface area contributed by atoms with Crippen molar-refractivity contribution in [1.82, 2.24) is 20.2 Å². The number of rotatable bonds is 6. The summed E-state index contributed by atoms with van der Waals surface area (Å²) < 4.78 is 14.0. The highest BCUT2D eigenvalue weighted by molar-refractivity contribution is 7.98. The Bertz CT molecular complexity index is 1260. The van der Waals surface area contributed by atoms with E-state index in [1.165, 1.54) is 29.2 Å². The number of benzene rings is 2. The summed E-state index contributed by atoms with van der Waals surface area (Å²) in [6, 6.07) is 10.6. The topological polar surface area (TPSA) is 74.8 Å². The third-order valence-electron chi connectivity index (χ3n) is 4.85. The van der Waals surface area contributed by atoms with Gasteiger partial charge in [0.05, 0.1) is 16.9 Å². The first-order valence-corrected chi connectivity index (χ1v) is 11.8. The van der Waals surface area contributed by atoms with Gasteiger partial charge in [-0.05, 0) is 44.0 Å². The van der Waals surface area contributed by atoms with E-state index in [0.29, 0.717) is 27.4 Å². The van der Waals surface area contributed by atoms with Gasteiger partial charge in [0.1, 0.15) is 5.82 Å². The molecule has 2 aromatic carbocycles. The summed E-state index contributed by atoms with van der Waals surface area (Å²) >= 11 is 2.82. The highest BCUT2D eigenvalue weighted by atomic mass is 32.2. The Morgan fingerprint density at radius 2 is 1.88 bits per heavy atom. The first-order chi connectivity index (χ1) is 15.3. The van der Waals surface area contributed by atoms with Gasteiger partial charge >= 0.3 is 0 Å². The second-order valence-electron chi connectivity index (χ2n) is 7.46. The number of nitrogens with one attached hydrogen (secondary N) is 1. The molecule has 4 rings (SSSR count). The first-order valence-electron chi connectivity index (χ1n) is 9.96. The second kappa shape index (κ2) is 9.22. The lowest BCUT2D eigenvalue weighted by molar-refractivity contribution is -0.115. The van der Waals surface area contributed by atoms with Crippen molar-refractivity contribution in [1.29, 1.82) is 0 Å². The number of carbonyl (C=O) groups is 1. The van der Waals surface area contributed by atoms with Crippen LogP contribution in [0.4, 0.5) is 15.2 Å². The molecule has 0 atom stereocenters. The lowest BCUT2D eigenvalue weighted by Gasteiger charge is -2.23. The number of carbonyl (C=O) groups excluding carboxylic acids is 1. The molecule has 0 aliphatic carbocycles. The Kier molecular flexibility index (Phi) is 6.38. The molecule has 0 spiro atoms. The van der Waals surface area contributed by atoms with Crippen LogP contribution in [0, 0.1) is 26.6 Å². The van der Waals surface area contributed by atoms with Crippen LogP contribution in [-0.4, -0.2) is 26.1 Å². The molecule has 0 aliphatic heterocycles. The zero-order valence-corrected chi connectivity index (χ0v) is 19.8. The lowest BCUT2D eigenvalue weighted by atomic mass is 10.0. The van der Waals surface area contributed by atoms with Crippen molar-refractivity contribution >= 4 is 39.8 Å². The molecule has 0 saturated carbocycles. The fourth-order valence-electron chi connectivity index (χ4n) is 3.60. The molecule has 2 aromatic heterocycles. The molecule has 0 aliphatic rings. The number of thiazole rings is 1. The molecule has 0 radical (unpaired) electrons. The van der Waals surface area contributed by atoms with Crippen LogP contribution in [-0.2, 0) is 10.5 Å². The van der Waals surface area contributed by atoms with Crippen molar-refractivity contribution in [2.45, 2.75) is 38.6 Å². The zero-order valence-electron chi connectivity index (χ0n) is 18.1. The molecule has 1 amide bonds. The van der Waals surface area contributed by atoms with E-state index in [0.717, 1.165) is 28.1 Å². The van der Waals surface area contributed by atoms with E-state index in [-0.39, 0.29) is 11.7 Å². The van der Waals surface area contributed by atoms with Gasteiger partial charge in [0.15, 0.2) is 11.0 Å². The SMILES string of the molecule is CC(=O)N(c1nc(CSc2n[nH]c(-c3ccccc3F)n2)cs1)c1c(C)cc(C)cc1C. The predicted molar refractivity (Wildman–Crippen MR) is 127 cm³/mol. The van der Waals surface area contributed by atoms with Crippen LogP contribution in [0.5, 0.6) is 0 Å². The van der Waals surface area contributed by atoms with Gasteiger partial charge in [-0.15, -0.1) is 16.4 Å². The maximum Gasteiger partial charge on any atom is 0.230 e. The maximum absolute atomic E-state index is 14.0. The van der Waals surface area contributed by atoms with E-state index in [1.807, 2.05) is 26.2 Å². The summed E-state index contributed by atoms with van der Waals surface area (Å²) in [6.07, 6.45) is 0. The lowest BCUT2D eigenvalue weighted by Crippen LogP contribution is -2.24. The number of aromatic nitrogens is 4. The van der Waals surface area contributed by atoms with Crippen LogP contribution in [0.2, 0.25) is 0 Å². The second-order valence-corrected chi connectivity index (χ2v) is 9.24. The number of aryl methyl sites for hydroxylation is 3. The highest BCUT2D eigenvalue weighted by Crippen LogP contribution is 2.35. The minimum atomic E-state index is -0.352. The van der Waals surface area contributed by atoms with Crippen molar-refractivity contribution in [2.24, 2.45) is 0 Å². The molecule has 0 saturated heterocycles. The van der Waals surface area contributed by atoms with E-state index in [4.69, 9.17) is 0 Å². The van der Waals surface area contributed by atoms with Gasteiger partial charge in [0.25, 0.3) is 0 Å². The van der Waals surface area contributed by atoms with Crippen LogP contribution < -0.4 is 4.90 Å². The average Bonchev–Trinajstić information content (AvgIpc) is 3.38. The third-order valence-corrected chi connectivity index (χ3v) is 6.60. The third kappa shape index (κ3) is 4.58. The number of hydrogen-bond acceptors (Lipinski definition) is 6. The molecule has 164 valence electrons. The van der Waals surface area contributed by atoms with Crippen LogP contribution in [0.25, 0.3) is 11.4 Å². The largest absolute Gasteiger partial charge is 0.274 e. The smallest absolute Gasteiger partial charge is 0.230 e. The van der Waals surface area contributed by atoms with Crippen molar-refractivity contribution in [3.05, 3.63) is 70.0 Å². The number of anilines is 2. The standard InChI is InChI=1S/C23H22FN5OS2/c1-13-9-14(2)20(15(3)10-13)29(16(4)30)23-25-17(12-32-23)11-31-22-26-21(27-28-22)18-7-5-6-8-19(18)24/h5-10,12H,11H2,1-4H3,(H,26,27,28). The van der Waals surface area contributed by atoms with Gasteiger partial charge < -0.3 is 0 Å². The minimum Gasteiger partial charge on any atom is -0.274 e. The summed E-state index contributed by atoms with van der Waals surface area (Å²) in [6.45, 7) is 7.60. The number of hydrogen-bond donors (Lipinski definition) is 1. The molecule has 4 aromatic rings. The Morgan fingerprint density at radius 3 is 2.56 bits per heavy atom. The summed E-state index contributed by atoms with van der Waals surface area (Å²) in [5.41, 5.74) is 5.30. The van der Waals surface area contributed by atoms with E-state index in [1.54, 1.807) is 30.0 Å². The molecule has 0 bridgehead atoms. The van der Waals surface area contributed by atoms with E-state index < -0.39 is 0 Å². The molecule has 1 N–H and O–H groups in total. The molecule has 9 heteroatoms. The summed E-state index contributed by atoms with van der Waals surface area (Å²) in [5.74, 6) is 0.480. The number of aromatic amines is 1. The molecule has 32 heavy (non-hydrogen) atoms. The predicted octanol–water partition coefficient (Wildman–Crippen LogP) is 5.97. The van der Waals surface area contributed by atoms with Gasteiger partial charge in [0.2, 0.25) is 11.1 Å². The molecule has 6 nitrogen and oxygen atoms in total. The number of amides is 1. The number of thioether (sulfide) groups is 1. The van der Waals surface area contributed by atoms with Crippen molar-refractivity contribution in [2.75, 3.05) is 4.90 Å². The van der Waals surface area contributed by atoms with Gasteiger partial charge in [-0.2, -0.15) is 0 Å². The average molecular weight is 468 g/mol. The number of halogens is 1. The quantitative estimate of drug-likeness (QED) is 0.354. The summed E-state index contributed by atoms with van der Waals surface area (Å²) in [4.78, 5) is 23.3. The van der Waals surface area contributed by atoms with Gasteiger partial charge in [0, 0.05) is 18.1 Å². The van der Waals surface area contributed by atoms with E-state index in [2.05, 4.69) is 32.3 Å². The highest BCUT2D eigenvalue weighted by Gasteiger charge is 2.22. The Morgan fingerprint density at radius 1 is 1.16 bits per heavy atom. The maximum atomic E-state index is 14.0.